The van der Waals surface area contributed by atoms with E-state index in [0.717, 1.165) is 12.4 Å². The van der Waals surface area contributed by atoms with E-state index in [1.807, 2.05) is 18.4 Å². The Bertz CT molecular complexity index is 374. The number of nitrogens with one attached hydrogen (secondary N) is 2. The van der Waals surface area contributed by atoms with E-state index in [1.54, 1.807) is 6.33 Å². The quantitative estimate of drug-likeness (QED) is 0.744. The van der Waals surface area contributed by atoms with Gasteiger partial charge < -0.3 is 15.2 Å². The van der Waals surface area contributed by atoms with E-state index >= 15 is 0 Å². The van der Waals surface area contributed by atoms with Crippen LogP contribution >= 0.6 is 0 Å². The van der Waals surface area contributed by atoms with E-state index in [-0.39, 0.29) is 11.9 Å². The number of hydrogen-bond acceptors (Lipinski definition) is 4. The van der Waals surface area contributed by atoms with Gasteiger partial charge in [0.15, 0.2) is 0 Å². The summed E-state index contributed by atoms with van der Waals surface area (Å²) in [5, 5.41) is 13.8. The molecule has 0 saturated carbocycles. The number of rotatable bonds is 7. The highest BCUT2D eigenvalue weighted by atomic mass is 16.1. The molecule has 1 unspecified atom stereocenters. The molecular weight excluding hydrogens is 230 g/mol. The average molecular weight is 253 g/mol. The summed E-state index contributed by atoms with van der Waals surface area (Å²) in [4.78, 5) is 11.6. The predicted octanol–water partition coefficient (Wildman–Crippen LogP) is 0.548. The van der Waals surface area contributed by atoms with Gasteiger partial charge in [0, 0.05) is 12.6 Å². The first-order valence-corrected chi connectivity index (χ1v) is 6.41. The molecule has 1 aromatic rings. The van der Waals surface area contributed by atoms with Crippen molar-refractivity contribution in [3.63, 3.8) is 0 Å². The van der Waals surface area contributed by atoms with Crippen molar-refractivity contribution in [3.8, 4) is 0 Å². The Morgan fingerprint density at radius 2 is 2.17 bits per heavy atom. The summed E-state index contributed by atoms with van der Waals surface area (Å²) >= 11 is 0. The van der Waals surface area contributed by atoms with Gasteiger partial charge >= 0.3 is 0 Å². The molecular formula is C12H23N5O. The van der Waals surface area contributed by atoms with Gasteiger partial charge in [0.05, 0.1) is 13.1 Å². The van der Waals surface area contributed by atoms with Crippen molar-refractivity contribution in [3.05, 3.63) is 12.2 Å². The molecule has 1 atom stereocenters. The van der Waals surface area contributed by atoms with E-state index in [9.17, 15) is 4.79 Å². The van der Waals surface area contributed by atoms with Gasteiger partial charge in [-0.05, 0) is 19.8 Å². The molecule has 6 heteroatoms. The molecule has 0 aliphatic rings. The monoisotopic (exact) mass is 253 g/mol. The summed E-state index contributed by atoms with van der Waals surface area (Å²) < 4.78 is 1.95. The molecule has 0 bridgehead atoms. The number of amides is 1. The van der Waals surface area contributed by atoms with Gasteiger partial charge in [-0.1, -0.05) is 13.8 Å². The predicted molar refractivity (Wildman–Crippen MR) is 69.8 cm³/mol. The molecule has 1 amide bonds. The fourth-order valence-corrected chi connectivity index (χ4v) is 1.44. The van der Waals surface area contributed by atoms with Gasteiger partial charge in [-0.3, -0.25) is 4.79 Å². The lowest BCUT2D eigenvalue weighted by molar-refractivity contribution is -0.121. The van der Waals surface area contributed by atoms with Crippen LogP contribution in [-0.2, 0) is 17.9 Å². The molecule has 0 aromatic carbocycles. The highest BCUT2D eigenvalue weighted by Gasteiger charge is 2.10. The van der Waals surface area contributed by atoms with Crippen molar-refractivity contribution < 1.29 is 4.79 Å². The van der Waals surface area contributed by atoms with Crippen LogP contribution in [0.5, 0.6) is 0 Å². The van der Waals surface area contributed by atoms with Crippen LogP contribution in [0.4, 0.5) is 0 Å². The summed E-state index contributed by atoms with van der Waals surface area (Å²) in [6.45, 7) is 9.90. The maximum atomic E-state index is 11.6. The Kier molecular flexibility index (Phi) is 5.77. The lowest BCUT2D eigenvalue weighted by Crippen LogP contribution is -2.41. The highest BCUT2D eigenvalue weighted by molar-refractivity contribution is 5.78. The maximum absolute atomic E-state index is 11.6. The molecule has 6 nitrogen and oxygen atoms in total. The molecule has 0 aliphatic carbocycles. The number of hydrogen-bond donors (Lipinski definition) is 2. The Hall–Kier alpha value is -1.43. The van der Waals surface area contributed by atoms with Crippen molar-refractivity contribution in [2.75, 3.05) is 6.54 Å². The van der Waals surface area contributed by atoms with E-state index in [2.05, 4.69) is 34.7 Å². The minimum Gasteiger partial charge on any atom is -0.352 e. The Morgan fingerprint density at radius 1 is 1.44 bits per heavy atom. The van der Waals surface area contributed by atoms with Gasteiger partial charge in [-0.25, -0.2) is 0 Å². The third-order valence-corrected chi connectivity index (χ3v) is 2.99. The van der Waals surface area contributed by atoms with E-state index < -0.39 is 0 Å². The number of aromatic nitrogens is 3. The Balaban J connectivity index is 2.27. The van der Waals surface area contributed by atoms with Crippen LogP contribution in [-0.4, -0.2) is 33.3 Å². The molecule has 0 aliphatic heterocycles. The van der Waals surface area contributed by atoms with Crippen LogP contribution in [0.1, 0.15) is 33.5 Å². The van der Waals surface area contributed by atoms with Crippen molar-refractivity contribution >= 4 is 5.91 Å². The SMILES string of the molecule is CCn1cnnc1CNCC(=O)NC(C)C(C)C. The summed E-state index contributed by atoms with van der Waals surface area (Å²) in [6.07, 6.45) is 1.69. The molecule has 2 N–H and O–H groups in total. The Labute approximate surface area is 108 Å². The lowest BCUT2D eigenvalue weighted by Gasteiger charge is -2.17. The zero-order valence-corrected chi connectivity index (χ0v) is 11.6. The second kappa shape index (κ2) is 7.10. The first kappa shape index (κ1) is 14.6. The van der Waals surface area contributed by atoms with E-state index in [1.165, 1.54) is 0 Å². The largest absolute Gasteiger partial charge is 0.352 e. The van der Waals surface area contributed by atoms with E-state index in [0.29, 0.717) is 19.0 Å². The molecule has 1 aromatic heterocycles. The van der Waals surface area contributed by atoms with Gasteiger partial charge in [0.2, 0.25) is 5.91 Å². The van der Waals surface area contributed by atoms with Crippen molar-refractivity contribution in [1.82, 2.24) is 25.4 Å². The molecule has 18 heavy (non-hydrogen) atoms. The van der Waals surface area contributed by atoms with Gasteiger partial charge in [-0.15, -0.1) is 10.2 Å². The van der Waals surface area contributed by atoms with Crippen LogP contribution in [0.25, 0.3) is 0 Å². The van der Waals surface area contributed by atoms with Crippen LogP contribution in [0.15, 0.2) is 6.33 Å². The number of carbonyl (C=O) groups excluding carboxylic acids is 1. The molecule has 102 valence electrons. The number of nitrogens with zero attached hydrogens (tertiary/aromatic N) is 3. The number of aryl methyl sites for hydroxylation is 1. The van der Waals surface area contributed by atoms with Crippen LogP contribution in [0.3, 0.4) is 0 Å². The third kappa shape index (κ3) is 4.44. The van der Waals surface area contributed by atoms with Crippen molar-refractivity contribution in [2.45, 2.75) is 46.8 Å². The van der Waals surface area contributed by atoms with Crippen LogP contribution < -0.4 is 10.6 Å². The van der Waals surface area contributed by atoms with E-state index in [4.69, 9.17) is 0 Å². The molecule has 1 heterocycles. The molecule has 0 radical (unpaired) electrons. The average Bonchev–Trinajstić information content (AvgIpc) is 2.76. The Morgan fingerprint density at radius 3 is 2.78 bits per heavy atom. The molecule has 1 rings (SSSR count). The second-order valence-corrected chi connectivity index (χ2v) is 4.74. The molecule has 0 spiro atoms. The lowest BCUT2D eigenvalue weighted by atomic mass is 10.1. The minimum atomic E-state index is 0.0127. The van der Waals surface area contributed by atoms with Crippen LogP contribution in [0.2, 0.25) is 0 Å². The third-order valence-electron chi connectivity index (χ3n) is 2.99. The number of carbonyl (C=O) groups is 1. The summed E-state index contributed by atoms with van der Waals surface area (Å²) in [5.74, 6) is 1.30. The van der Waals surface area contributed by atoms with Gasteiger partial charge in [0.1, 0.15) is 12.2 Å². The highest BCUT2D eigenvalue weighted by Crippen LogP contribution is 1.99. The van der Waals surface area contributed by atoms with Gasteiger partial charge in [-0.2, -0.15) is 0 Å². The standard InChI is InChI=1S/C12H23N5O/c1-5-17-8-14-16-11(17)6-13-7-12(18)15-10(4)9(2)3/h8-10,13H,5-7H2,1-4H3,(H,15,18). The fourth-order valence-electron chi connectivity index (χ4n) is 1.44. The summed E-state index contributed by atoms with van der Waals surface area (Å²) in [6, 6.07) is 0.193. The fraction of sp³-hybridized carbons (Fsp3) is 0.750. The van der Waals surface area contributed by atoms with Crippen molar-refractivity contribution in [2.24, 2.45) is 5.92 Å². The van der Waals surface area contributed by atoms with Crippen LogP contribution in [0, 0.1) is 5.92 Å². The zero-order valence-electron chi connectivity index (χ0n) is 11.6. The second-order valence-electron chi connectivity index (χ2n) is 4.74. The first-order chi connectivity index (χ1) is 8.54. The summed E-state index contributed by atoms with van der Waals surface area (Å²) in [5.41, 5.74) is 0. The normalized spacial score (nSPS) is 12.7. The maximum Gasteiger partial charge on any atom is 0.234 e. The molecule has 0 saturated heterocycles. The van der Waals surface area contributed by atoms with Gasteiger partial charge in [0.25, 0.3) is 0 Å². The first-order valence-electron chi connectivity index (χ1n) is 6.41. The summed E-state index contributed by atoms with van der Waals surface area (Å²) in [7, 11) is 0. The topological polar surface area (TPSA) is 71.8 Å². The minimum absolute atomic E-state index is 0.0127. The molecule has 0 fully saturated rings. The smallest absolute Gasteiger partial charge is 0.234 e. The zero-order chi connectivity index (χ0) is 13.5. The van der Waals surface area contributed by atoms with Crippen molar-refractivity contribution in [1.29, 1.82) is 0 Å².